The van der Waals surface area contributed by atoms with Gasteiger partial charge in [-0.05, 0) is 46.7 Å². The van der Waals surface area contributed by atoms with E-state index >= 15 is 0 Å². The van der Waals surface area contributed by atoms with E-state index in [4.69, 9.17) is 4.42 Å². The van der Waals surface area contributed by atoms with Crippen molar-refractivity contribution in [3.05, 3.63) is 22.1 Å². The van der Waals surface area contributed by atoms with Crippen molar-refractivity contribution in [1.29, 1.82) is 0 Å². The molecular weight excluding hydrogens is 240 g/mol. The fourth-order valence-electron chi connectivity index (χ4n) is 2.16. The van der Waals surface area contributed by atoms with Gasteiger partial charge in [0.1, 0.15) is 0 Å². The van der Waals surface area contributed by atoms with E-state index in [1.54, 1.807) is 0 Å². The van der Waals surface area contributed by atoms with Crippen LogP contribution in [0, 0.1) is 6.92 Å². The Morgan fingerprint density at radius 2 is 2.07 bits per heavy atom. The molecule has 2 heteroatoms. The van der Waals surface area contributed by atoms with E-state index in [1.807, 2.05) is 6.26 Å². The van der Waals surface area contributed by atoms with Crippen molar-refractivity contribution < 1.29 is 4.42 Å². The molecule has 0 spiro atoms. The lowest BCUT2D eigenvalue weighted by atomic mass is 9.76. The van der Waals surface area contributed by atoms with Gasteiger partial charge in [-0.3, -0.25) is 0 Å². The molecule has 1 aromatic heterocycles. The largest absolute Gasteiger partial charge is 0.457 e. The Bertz CT molecular complexity index is 284. The van der Waals surface area contributed by atoms with Crippen molar-refractivity contribution in [3.8, 4) is 0 Å². The SMILES string of the molecule is CCCC(C)(CC)c1c(C)coc1Br. The summed E-state index contributed by atoms with van der Waals surface area (Å²) in [5, 5.41) is 0. The Hall–Kier alpha value is -0.240. The number of hydrogen-bond acceptors (Lipinski definition) is 1. The quantitative estimate of drug-likeness (QED) is 0.755. The lowest BCUT2D eigenvalue weighted by Gasteiger charge is -2.28. The zero-order valence-corrected chi connectivity index (χ0v) is 11.1. The summed E-state index contributed by atoms with van der Waals surface area (Å²) in [6.07, 6.45) is 5.41. The fraction of sp³-hybridized carbons (Fsp3) is 0.667. The molecule has 1 heterocycles. The average molecular weight is 259 g/mol. The molecule has 14 heavy (non-hydrogen) atoms. The van der Waals surface area contributed by atoms with Crippen molar-refractivity contribution in [2.24, 2.45) is 0 Å². The van der Waals surface area contributed by atoms with Crippen LogP contribution in [-0.4, -0.2) is 0 Å². The maximum atomic E-state index is 5.41. The van der Waals surface area contributed by atoms with Gasteiger partial charge in [0.25, 0.3) is 0 Å². The summed E-state index contributed by atoms with van der Waals surface area (Å²) in [6.45, 7) is 8.91. The molecule has 1 nitrogen and oxygen atoms in total. The van der Waals surface area contributed by atoms with Gasteiger partial charge in [-0.2, -0.15) is 0 Å². The number of hydrogen-bond donors (Lipinski definition) is 0. The highest BCUT2D eigenvalue weighted by atomic mass is 79.9. The predicted molar refractivity (Wildman–Crippen MR) is 63.7 cm³/mol. The van der Waals surface area contributed by atoms with E-state index in [1.165, 1.54) is 24.0 Å². The van der Waals surface area contributed by atoms with Crippen LogP contribution < -0.4 is 0 Å². The van der Waals surface area contributed by atoms with E-state index < -0.39 is 0 Å². The molecule has 0 saturated carbocycles. The minimum atomic E-state index is 0.255. The molecular formula is C12H19BrO. The lowest BCUT2D eigenvalue weighted by molar-refractivity contribution is 0.401. The number of halogens is 1. The zero-order chi connectivity index (χ0) is 10.8. The Balaban J connectivity index is 3.11. The van der Waals surface area contributed by atoms with Gasteiger partial charge in [0, 0.05) is 5.56 Å². The molecule has 0 N–H and O–H groups in total. The van der Waals surface area contributed by atoms with Crippen molar-refractivity contribution >= 4 is 15.9 Å². The second-order valence-electron chi connectivity index (χ2n) is 4.23. The Labute approximate surface area is 95.0 Å². The van der Waals surface area contributed by atoms with Gasteiger partial charge in [0.05, 0.1) is 6.26 Å². The van der Waals surface area contributed by atoms with E-state index in [0.717, 1.165) is 11.1 Å². The third-order valence-corrected chi connectivity index (χ3v) is 3.70. The maximum Gasteiger partial charge on any atom is 0.172 e. The van der Waals surface area contributed by atoms with Crippen LogP contribution in [0.5, 0.6) is 0 Å². The molecule has 0 aliphatic carbocycles. The van der Waals surface area contributed by atoms with Crippen molar-refractivity contribution in [2.45, 2.75) is 52.4 Å². The van der Waals surface area contributed by atoms with E-state index in [0.29, 0.717) is 0 Å². The number of aryl methyl sites for hydroxylation is 1. The first kappa shape index (κ1) is 11.8. The first-order chi connectivity index (χ1) is 6.55. The highest BCUT2D eigenvalue weighted by Gasteiger charge is 2.29. The van der Waals surface area contributed by atoms with Gasteiger partial charge in [0.15, 0.2) is 4.67 Å². The third kappa shape index (κ3) is 2.05. The molecule has 1 atom stereocenters. The smallest absolute Gasteiger partial charge is 0.172 e. The molecule has 0 amide bonds. The fourth-order valence-corrected chi connectivity index (χ4v) is 3.04. The van der Waals surface area contributed by atoms with Crippen LogP contribution in [0.2, 0.25) is 0 Å². The highest BCUT2D eigenvalue weighted by Crippen LogP contribution is 2.39. The Morgan fingerprint density at radius 1 is 1.43 bits per heavy atom. The second kappa shape index (κ2) is 4.52. The lowest BCUT2D eigenvalue weighted by Crippen LogP contribution is -2.21. The molecule has 80 valence electrons. The average Bonchev–Trinajstić information content (AvgIpc) is 2.47. The minimum absolute atomic E-state index is 0.255. The van der Waals surface area contributed by atoms with Gasteiger partial charge in [0.2, 0.25) is 0 Å². The molecule has 0 aromatic carbocycles. The summed E-state index contributed by atoms with van der Waals surface area (Å²) in [6, 6.07) is 0. The Morgan fingerprint density at radius 3 is 2.43 bits per heavy atom. The standard InChI is InChI=1S/C12H19BrO/c1-5-7-12(4,6-2)10-9(3)8-14-11(10)13/h8H,5-7H2,1-4H3. The first-order valence-electron chi connectivity index (χ1n) is 5.29. The topological polar surface area (TPSA) is 13.1 Å². The molecule has 1 aromatic rings. The zero-order valence-electron chi connectivity index (χ0n) is 9.48. The van der Waals surface area contributed by atoms with Gasteiger partial charge in [-0.1, -0.05) is 27.2 Å². The van der Waals surface area contributed by atoms with Crippen LogP contribution >= 0.6 is 15.9 Å². The molecule has 0 aliphatic rings. The van der Waals surface area contributed by atoms with Crippen molar-refractivity contribution in [3.63, 3.8) is 0 Å². The predicted octanol–water partition coefficient (Wildman–Crippen LogP) is 4.82. The highest BCUT2D eigenvalue weighted by molar-refractivity contribution is 9.10. The molecule has 0 saturated heterocycles. The third-order valence-electron chi connectivity index (χ3n) is 3.12. The van der Waals surface area contributed by atoms with E-state index in [9.17, 15) is 0 Å². The van der Waals surface area contributed by atoms with E-state index in [-0.39, 0.29) is 5.41 Å². The molecule has 0 aliphatic heterocycles. The summed E-state index contributed by atoms with van der Waals surface area (Å²) in [5.74, 6) is 0. The van der Waals surface area contributed by atoms with E-state index in [2.05, 4.69) is 43.6 Å². The molecule has 0 fully saturated rings. The molecule has 1 rings (SSSR count). The Kier molecular flexibility index (Phi) is 3.82. The van der Waals surface area contributed by atoms with Gasteiger partial charge >= 0.3 is 0 Å². The van der Waals surface area contributed by atoms with Crippen LogP contribution in [0.25, 0.3) is 0 Å². The normalized spacial score (nSPS) is 15.5. The van der Waals surface area contributed by atoms with Crippen LogP contribution in [0.15, 0.2) is 15.3 Å². The number of furan rings is 1. The summed E-state index contributed by atoms with van der Waals surface area (Å²) >= 11 is 3.50. The van der Waals surface area contributed by atoms with Crippen molar-refractivity contribution in [1.82, 2.24) is 0 Å². The second-order valence-corrected chi connectivity index (χ2v) is 4.95. The molecule has 1 unspecified atom stereocenters. The van der Waals surface area contributed by atoms with Crippen LogP contribution in [-0.2, 0) is 5.41 Å². The minimum Gasteiger partial charge on any atom is -0.457 e. The summed E-state index contributed by atoms with van der Waals surface area (Å²) in [4.78, 5) is 0. The number of rotatable bonds is 4. The van der Waals surface area contributed by atoms with Gasteiger partial charge in [-0.15, -0.1) is 0 Å². The van der Waals surface area contributed by atoms with Crippen LogP contribution in [0.1, 0.15) is 51.2 Å². The monoisotopic (exact) mass is 258 g/mol. The first-order valence-corrected chi connectivity index (χ1v) is 6.08. The van der Waals surface area contributed by atoms with Crippen LogP contribution in [0.4, 0.5) is 0 Å². The molecule has 0 bridgehead atoms. The summed E-state index contributed by atoms with van der Waals surface area (Å²) < 4.78 is 6.32. The van der Waals surface area contributed by atoms with Gasteiger partial charge < -0.3 is 4.42 Å². The van der Waals surface area contributed by atoms with Crippen molar-refractivity contribution in [2.75, 3.05) is 0 Å². The molecule has 0 radical (unpaired) electrons. The summed E-state index contributed by atoms with van der Waals surface area (Å²) in [5.41, 5.74) is 2.86. The maximum absolute atomic E-state index is 5.41. The van der Waals surface area contributed by atoms with Gasteiger partial charge in [-0.25, -0.2) is 0 Å². The summed E-state index contributed by atoms with van der Waals surface area (Å²) in [7, 11) is 0. The van der Waals surface area contributed by atoms with Crippen LogP contribution in [0.3, 0.4) is 0 Å².